The molecular formula is C9H8BrFO3. The maximum absolute atomic E-state index is 13.1. The van der Waals surface area contributed by atoms with Crippen LogP contribution in [0.3, 0.4) is 0 Å². The van der Waals surface area contributed by atoms with E-state index in [0.717, 1.165) is 0 Å². The van der Waals surface area contributed by atoms with Crippen molar-refractivity contribution in [2.24, 2.45) is 0 Å². The van der Waals surface area contributed by atoms with E-state index in [-0.39, 0.29) is 5.75 Å². The van der Waals surface area contributed by atoms with E-state index in [2.05, 4.69) is 15.9 Å². The molecule has 14 heavy (non-hydrogen) atoms. The summed E-state index contributed by atoms with van der Waals surface area (Å²) in [6.07, 6.45) is -1.07. The number of carboxylic acids is 1. The third kappa shape index (κ3) is 2.70. The highest BCUT2D eigenvalue weighted by molar-refractivity contribution is 9.10. The van der Waals surface area contributed by atoms with Gasteiger partial charge in [-0.15, -0.1) is 0 Å². The summed E-state index contributed by atoms with van der Waals surface area (Å²) in [6, 6.07) is 4.09. The zero-order valence-electron chi connectivity index (χ0n) is 7.33. The van der Waals surface area contributed by atoms with E-state index in [4.69, 9.17) is 9.84 Å². The molecule has 0 bridgehead atoms. The molecule has 1 aromatic carbocycles. The van der Waals surface area contributed by atoms with Gasteiger partial charge in [-0.2, -0.15) is 0 Å². The summed E-state index contributed by atoms with van der Waals surface area (Å²) >= 11 is 3.13. The number of rotatable bonds is 3. The van der Waals surface area contributed by atoms with Crippen LogP contribution in [-0.2, 0) is 4.79 Å². The van der Waals surface area contributed by atoms with E-state index in [1.165, 1.54) is 25.1 Å². The van der Waals surface area contributed by atoms with Gasteiger partial charge in [0.1, 0.15) is 0 Å². The van der Waals surface area contributed by atoms with Gasteiger partial charge in [0, 0.05) is 4.47 Å². The van der Waals surface area contributed by atoms with E-state index in [9.17, 15) is 9.18 Å². The van der Waals surface area contributed by atoms with E-state index in [1.807, 2.05) is 0 Å². The number of hydrogen-bond acceptors (Lipinski definition) is 2. The molecule has 0 aromatic heterocycles. The second-order valence-electron chi connectivity index (χ2n) is 2.67. The Kier molecular flexibility index (Phi) is 3.46. The molecule has 0 amide bonds. The van der Waals surface area contributed by atoms with Crippen molar-refractivity contribution in [3.8, 4) is 5.75 Å². The quantitative estimate of drug-likeness (QED) is 0.910. The first-order chi connectivity index (χ1) is 6.50. The third-order valence-electron chi connectivity index (χ3n) is 1.54. The zero-order valence-corrected chi connectivity index (χ0v) is 8.92. The van der Waals surface area contributed by atoms with Gasteiger partial charge in [0.25, 0.3) is 0 Å². The molecule has 0 saturated carbocycles. The summed E-state index contributed by atoms with van der Waals surface area (Å²) in [5.41, 5.74) is 0. The summed E-state index contributed by atoms with van der Waals surface area (Å²) in [6.45, 7) is 1.34. The van der Waals surface area contributed by atoms with Crippen LogP contribution < -0.4 is 4.74 Å². The molecule has 1 atom stereocenters. The fourth-order valence-electron chi connectivity index (χ4n) is 0.808. The van der Waals surface area contributed by atoms with Crippen LogP contribution in [0, 0.1) is 5.82 Å². The van der Waals surface area contributed by atoms with Crippen molar-refractivity contribution in [3.05, 3.63) is 28.5 Å². The SMILES string of the molecule is CC(Oc1cc(Br)ccc1F)C(=O)O. The summed E-state index contributed by atoms with van der Waals surface area (Å²) in [4.78, 5) is 10.4. The molecular weight excluding hydrogens is 255 g/mol. The minimum Gasteiger partial charge on any atom is -0.479 e. The highest BCUT2D eigenvalue weighted by Gasteiger charge is 2.14. The molecule has 1 unspecified atom stereocenters. The number of benzene rings is 1. The van der Waals surface area contributed by atoms with E-state index in [0.29, 0.717) is 4.47 Å². The number of hydrogen-bond donors (Lipinski definition) is 1. The Balaban J connectivity index is 2.85. The van der Waals surface area contributed by atoms with Crippen LogP contribution >= 0.6 is 15.9 Å². The molecule has 1 rings (SSSR count). The Labute approximate surface area is 88.6 Å². The van der Waals surface area contributed by atoms with Gasteiger partial charge in [-0.3, -0.25) is 0 Å². The van der Waals surface area contributed by atoms with Crippen molar-refractivity contribution < 1.29 is 19.0 Å². The molecule has 3 nitrogen and oxygen atoms in total. The molecule has 0 aliphatic carbocycles. The molecule has 1 aromatic rings. The smallest absolute Gasteiger partial charge is 0.344 e. The van der Waals surface area contributed by atoms with Crippen LogP contribution in [0.5, 0.6) is 5.75 Å². The normalized spacial score (nSPS) is 12.2. The van der Waals surface area contributed by atoms with Gasteiger partial charge < -0.3 is 9.84 Å². The lowest BCUT2D eigenvalue weighted by Crippen LogP contribution is -2.23. The van der Waals surface area contributed by atoms with E-state index in [1.54, 1.807) is 0 Å². The van der Waals surface area contributed by atoms with Gasteiger partial charge >= 0.3 is 5.97 Å². The molecule has 1 N–H and O–H groups in total. The number of aliphatic carboxylic acids is 1. The average molecular weight is 263 g/mol. The number of carboxylic acid groups (broad SMARTS) is 1. The lowest BCUT2D eigenvalue weighted by Gasteiger charge is -2.10. The molecule has 76 valence electrons. The second-order valence-corrected chi connectivity index (χ2v) is 3.59. The van der Waals surface area contributed by atoms with Crippen molar-refractivity contribution in [1.29, 1.82) is 0 Å². The van der Waals surface area contributed by atoms with Gasteiger partial charge in [0.15, 0.2) is 17.7 Å². The van der Waals surface area contributed by atoms with Gasteiger partial charge in [-0.1, -0.05) is 15.9 Å². The largest absolute Gasteiger partial charge is 0.479 e. The molecule has 0 spiro atoms. The summed E-state index contributed by atoms with van der Waals surface area (Å²) < 4.78 is 18.6. The topological polar surface area (TPSA) is 46.5 Å². The van der Waals surface area contributed by atoms with E-state index >= 15 is 0 Å². The zero-order chi connectivity index (χ0) is 10.7. The molecule has 0 fully saturated rings. The lowest BCUT2D eigenvalue weighted by molar-refractivity contribution is -0.144. The highest BCUT2D eigenvalue weighted by Crippen LogP contribution is 2.23. The third-order valence-corrected chi connectivity index (χ3v) is 2.04. The lowest BCUT2D eigenvalue weighted by atomic mass is 10.3. The Morgan fingerprint density at radius 1 is 1.64 bits per heavy atom. The molecule has 0 saturated heterocycles. The van der Waals surface area contributed by atoms with Crippen LogP contribution in [0.15, 0.2) is 22.7 Å². The van der Waals surface area contributed by atoms with Crippen molar-refractivity contribution >= 4 is 21.9 Å². The molecule has 5 heteroatoms. The van der Waals surface area contributed by atoms with E-state index < -0.39 is 17.9 Å². The Hall–Kier alpha value is -1.10. The van der Waals surface area contributed by atoms with Crippen molar-refractivity contribution in [1.82, 2.24) is 0 Å². The van der Waals surface area contributed by atoms with Crippen LogP contribution in [0.2, 0.25) is 0 Å². The average Bonchev–Trinajstić information content (AvgIpc) is 2.11. The fraction of sp³-hybridized carbons (Fsp3) is 0.222. The maximum atomic E-state index is 13.1. The highest BCUT2D eigenvalue weighted by atomic mass is 79.9. The Morgan fingerprint density at radius 2 is 2.29 bits per heavy atom. The Bertz CT molecular complexity index is 354. The van der Waals surface area contributed by atoms with Gasteiger partial charge in [0.05, 0.1) is 0 Å². The first kappa shape index (κ1) is 11.0. The molecule has 0 heterocycles. The summed E-state index contributed by atoms with van der Waals surface area (Å²) in [5, 5.41) is 8.54. The van der Waals surface area contributed by atoms with Crippen LogP contribution in [0.25, 0.3) is 0 Å². The number of ether oxygens (including phenoxy) is 1. The summed E-state index contributed by atoms with van der Waals surface area (Å²) in [5.74, 6) is -1.79. The maximum Gasteiger partial charge on any atom is 0.344 e. The standard InChI is InChI=1S/C9H8BrFO3/c1-5(9(12)13)14-8-4-6(10)2-3-7(8)11/h2-5H,1H3,(H,12,13). The van der Waals surface area contributed by atoms with Crippen molar-refractivity contribution in [2.75, 3.05) is 0 Å². The fourth-order valence-corrected chi connectivity index (χ4v) is 1.15. The molecule has 0 aliphatic heterocycles. The van der Waals surface area contributed by atoms with Crippen molar-refractivity contribution in [2.45, 2.75) is 13.0 Å². The van der Waals surface area contributed by atoms with Gasteiger partial charge in [0.2, 0.25) is 0 Å². The number of halogens is 2. The molecule has 0 radical (unpaired) electrons. The molecule has 0 aliphatic rings. The number of carbonyl (C=O) groups is 1. The Morgan fingerprint density at radius 3 is 2.86 bits per heavy atom. The minimum atomic E-state index is -1.13. The van der Waals surface area contributed by atoms with Crippen LogP contribution in [0.1, 0.15) is 6.92 Å². The predicted octanol–water partition coefficient (Wildman–Crippen LogP) is 2.44. The van der Waals surface area contributed by atoms with Gasteiger partial charge in [-0.25, -0.2) is 9.18 Å². The predicted molar refractivity (Wildman–Crippen MR) is 51.8 cm³/mol. The first-order valence-corrected chi connectivity index (χ1v) is 4.64. The van der Waals surface area contributed by atoms with Crippen LogP contribution in [-0.4, -0.2) is 17.2 Å². The first-order valence-electron chi connectivity index (χ1n) is 3.85. The van der Waals surface area contributed by atoms with Crippen LogP contribution in [0.4, 0.5) is 4.39 Å². The minimum absolute atomic E-state index is 0.0747. The summed E-state index contributed by atoms with van der Waals surface area (Å²) in [7, 11) is 0. The monoisotopic (exact) mass is 262 g/mol. The van der Waals surface area contributed by atoms with Gasteiger partial charge in [-0.05, 0) is 25.1 Å². The van der Waals surface area contributed by atoms with Crippen molar-refractivity contribution in [3.63, 3.8) is 0 Å². The second kappa shape index (κ2) is 4.41.